The van der Waals surface area contributed by atoms with Gasteiger partial charge < -0.3 is 5.32 Å². The zero-order chi connectivity index (χ0) is 11.2. The van der Waals surface area contributed by atoms with Crippen molar-refractivity contribution >= 4 is 0 Å². The monoisotopic (exact) mass is 214 g/mol. The summed E-state index contributed by atoms with van der Waals surface area (Å²) < 4.78 is 0. The predicted octanol–water partition coefficient (Wildman–Crippen LogP) is 1.37. The van der Waals surface area contributed by atoms with E-state index in [0.717, 1.165) is 12.0 Å². The molecule has 4 heteroatoms. The molecule has 0 radical (unpaired) electrons. The van der Waals surface area contributed by atoms with Gasteiger partial charge in [0.05, 0.1) is 0 Å². The minimum absolute atomic E-state index is 0.239. The third-order valence-corrected chi connectivity index (χ3v) is 2.52. The lowest BCUT2D eigenvalue weighted by atomic mass is 10.0. The van der Waals surface area contributed by atoms with E-state index in [0.29, 0.717) is 0 Å². The first-order valence-electron chi connectivity index (χ1n) is 5.21. The number of hydrogen-bond donors (Lipinski definition) is 1. The molecule has 0 amide bonds. The number of rotatable bonds is 4. The van der Waals surface area contributed by atoms with Crippen LogP contribution >= 0.6 is 0 Å². The number of nitrogens with zero attached hydrogens (tertiary/aromatic N) is 3. The van der Waals surface area contributed by atoms with Crippen molar-refractivity contribution in [3.8, 4) is 0 Å². The van der Waals surface area contributed by atoms with Gasteiger partial charge in [0, 0.05) is 36.4 Å². The van der Waals surface area contributed by atoms with Gasteiger partial charge in [-0.1, -0.05) is 0 Å². The largest absolute Gasteiger partial charge is 0.313 e. The summed E-state index contributed by atoms with van der Waals surface area (Å²) in [5, 5.41) is 3.27. The zero-order valence-electron chi connectivity index (χ0n) is 9.17. The van der Waals surface area contributed by atoms with Crippen LogP contribution in [0.15, 0.2) is 43.2 Å². The third kappa shape index (κ3) is 2.61. The quantitative estimate of drug-likeness (QED) is 0.835. The Labute approximate surface area is 94.8 Å². The van der Waals surface area contributed by atoms with Gasteiger partial charge in [0.25, 0.3) is 0 Å². The fraction of sp³-hybridized carbons (Fsp3) is 0.250. The molecule has 82 valence electrons. The maximum absolute atomic E-state index is 4.03. The SMILES string of the molecule is CNC(Cc1ccncc1)c1cncnc1. The highest BCUT2D eigenvalue weighted by molar-refractivity contribution is 5.17. The van der Waals surface area contributed by atoms with Crippen LogP contribution in [-0.2, 0) is 6.42 Å². The molecule has 0 aliphatic rings. The van der Waals surface area contributed by atoms with Crippen LogP contribution in [0.3, 0.4) is 0 Å². The second kappa shape index (κ2) is 5.32. The Kier molecular flexibility index (Phi) is 3.56. The van der Waals surface area contributed by atoms with E-state index in [2.05, 4.69) is 20.3 Å². The van der Waals surface area contributed by atoms with Gasteiger partial charge >= 0.3 is 0 Å². The van der Waals surface area contributed by atoms with Crippen molar-refractivity contribution in [1.82, 2.24) is 20.3 Å². The summed E-state index contributed by atoms with van der Waals surface area (Å²) in [6.45, 7) is 0. The van der Waals surface area contributed by atoms with E-state index >= 15 is 0 Å². The fourth-order valence-electron chi connectivity index (χ4n) is 1.63. The number of nitrogens with one attached hydrogen (secondary N) is 1. The molecule has 0 aromatic carbocycles. The van der Waals surface area contributed by atoms with Crippen molar-refractivity contribution in [3.05, 3.63) is 54.4 Å². The second-order valence-electron chi connectivity index (χ2n) is 3.57. The maximum atomic E-state index is 4.03. The molecule has 4 nitrogen and oxygen atoms in total. The van der Waals surface area contributed by atoms with Crippen LogP contribution in [0.25, 0.3) is 0 Å². The molecule has 0 spiro atoms. The maximum Gasteiger partial charge on any atom is 0.115 e. The van der Waals surface area contributed by atoms with E-state index in [4.69, 9.17) is 0 Å². The van der Waals surface area contributed by atoms with E-state index in [1.807, 2.05) is 44.0 Å². The second-order valence-corrected chi connectivity index (χ2v) is 3.57. The van der Waals surface area contributed by atoms with Crippen molar-refractivity contribution < 1.29 is 0 Å². The molecule has 2 heterocycles. The van der Waals surface area contributed by atoms with Gasteiger partial charge in [-0.3, -0.25) is 4.98 Å². The Bertz CT molecular complexity index is 416. The number of aromatic nitrogens is 3. The van der Waals surface area contributed by atoms with Gasteiger partial charge in [-0.25, -0.2) is 9.97 Å². The van der Waals surface area contributed by atoms with Gasteiger partial charge in [0.2, 0.25) is 0 Å². The van der Waals surface area contributed by atoms with Crippen LogP contribution in [0, 0.1) is 0 Å². The molecule has 0 aliphatic carbocycles. The Morgan fingerprint density at radius 2 is 1.81 bits per heavy atom. The molecular formula is C12H14N4. The number of pyridine rings is 1. The lowest BCUT2D eigenvalue weighted by Gasteiger charge is -2.15. The molecule has 1 N–H and O–H groups in total. The molecule has 2 aromatic heterocycles. The van der Waals surface area contributed by atoms with Crippen molar-refractivity contribution in [2.24, 2.45) is 0 Å². The zero-order valence-corrected chi connectivity index (χ0v) is 9.17. The minimum atomic E-state index is 0.239. The van der Waals surface area contributed by atoms with E-state index in [9.17, 15) is 0 Å². The molecule has 0 saturated carbocycles. The smallest absolute Gasteiger partial charge is 0.115 e. The summed E-state index contributed by atoms with van der Waals surface area (Å²) in [5.41, 5.74) is 2.35. The molecule has 0 aliphatic heterocycles. The van der Waals surface area contributed by atoms with Gasteiger partial charge in [0.15, 0.2) is 0 Å². The van der Waals surface area contributed by atoms with Gasteiger partial charge in [-0.05, 0) is 31.2 Å². The molecule has 16 heavy (non-hydrogen) atoms. The summed E-state index contributed by atoms with van der Waals surface area (Å²) in [6, 6.07) is 4.28. The van der Waals surface area contributed by atoms with Gasteiger partial charge in [-0.15, -0.1) is 0 Å². The average molecular weight is 214 g/mol. The standard InChI is InChI=1S/C12H14N4/c1-13-12(11-7-15-9-16-8-11)6-10-2-4-14-5-3-10/h2-5,7-9,12-13H,6H2,1H3. The molecule has 2 aromatic rings. The van der Waals surface area contributed by atoms with Crippen LogP contribution in [0.4, 0.5) is 0 Å². The number of hydrogen-bond acceptors (Lipinski definition) is 4. The molecule has 0 fully saturated rings. The van der Waals surface area contributed by atoms with Crippen LogP contribution in [-0.4, -0.2) is 22.0 Å². The molecule has 0 saturated heterocycles. The van der Waals surface area contributed by atoms with E-state index in [1.165, 1.54) is 5.56 Å². The van der Waals surface area contributed by atoms with E-state index < -0.39 is 0 Å². The van der Waals surface area contributed by atoms with Crippen LogP contribution < -0.4 is 5.32 Å². The number of likely N-dealkylation sites (N-methyl/N-ethyl adjacent to an activating group) is 1. The lowest BCUT2D eigenvalue weighted by Crippen LogP contribution is -2.19. The first-order chi connectivity index (χ1) is 7.90. The lowest BCUT2D eigenvalue weighted by molar-refractivity contribution is 0.587. The normalized spacial score (nSPS) is 12.3. The Balaban J connectivity index is 2.13. The minimum Gasteiger partial charge on any atom is -0.313 e. The van der Waals surface area contributed by atoms with Gasteiger partial charge in [-0.2, -0.15) is 0 Å². The van der Waals surface area contributed by atoms with Crippen LogP contribution in [0.5, 0.6) is 0 Å². The fourth-order valence-corrected chi connectivity index (χ4v) is 1.63. The van der Waals surface area contributed by atoms with Crippen LogP contribution in [0.2, 0.25) is 0 Å². The Hall–Kier alpha value is -1.81. The highest BCUT2D eigenvalue weighted by Gasteiger charge is 2.09. The Morgan fingerprint density at radius 1 is 1.12 bits per heavy atom. The van der Waals surface area contributed by atoms with E-state index in [-0.39, 0.29) is 6.04 Å². The molecule has 0 bridgehead atoms. The first-order valence-corrected chi connectivity index (χ1v) is 5.21. The molecule has 1 unspecified atom stereocenters. The van der Waals surface area contributed by atoms with Crippen molar-refractivity contribution in [1.29, 1.82) is 0 Å². The summed E-state index contributed by atoms with van der Waals surface area (Å²) in [5.74, 6) is 0. The van der Waals surface area contributed by atoms with Crippen LogP contribution in [0.1, 0.15) is 17.2 Å². The third-order valence-electron chi connectivity index (χ3n) is 2.52. The van der Waals surface area contributed by atoms with Crippen molar-refractivity contribution in [3.63, 3.8) is 0 Å². The highest BCUT2D eigenvalue weighted by Crippen LogP contribution is 2.15. The molecule has 2 rings (SSSR count). The van der Waals surface area contributed by atoms with Gasteiger partial charge in [0.1, 0.15) is 6.33 Å². The van der Waals surface area contributed by atoms with E-state index in [1.54, 1.807) is 6.33 Å². The summed E-state index contributed by atoms with van der Waals surface area (Å²) >= 11 is 0. The molecule has 1 atom stereocenters. The first kappa shape index (κ1) is 10.7. The topological polar surface area (TPSA) is 50.7 Å². The predicted molar refractivity (Wildman–Crippen MR) is 61.8 cm³/mol. The summed E-state index contributed by atoms with van der Waals surface area (Å²) in [6.07, 6.45) is 9.76. The highest BCUT2D eigenvalue weighted by atomic mass is 14.9. The molecular weight excluding hydrogens is 200 g/mol. The Morgan fingerprint density at radius 3 is 2.44 bits per heavy atom. The summed E-state index contributed by atoms with van der Waals surface area (Å²) in [4.78, 5) is 12.1. The van der Waals surface area contributed by atoms with Crippen molar-refractivity contribution in [2.45, 2.75) is 12.5 Å². The summed E-state index contributed by atoms with van der Waals surface area (Å²) in [7, 11) is 1.94. The van der Waals surface area contributed by atoms with Crippen molar-refractivity contribution in [2.75, 3.05) is 7.05 Å². The average Bonchev–Trinajstić information content (AvgIpc) is 2.38.